The van der Waals surface area contributed by atoms with Gasteiger partial charge in [-0.3, -0.25) is 9.59 Å². The van der Waals surface area contributed by atoms with Crippen LogP contribution in [0.2, 0.25) is 5.02 Å². The molecule has 2 amide bonds. The third kappa shape index (κ3) is 5.30. The number of amides is 2. The summed E-state index contributed by atoms with van der Waals surface area (Å²) in [4.78, 5) is 37.9. The van der Waals surface area contributed by atoms with Gasteiger partial charge in [0.05, 0.1) is 16.2 Å². The number of carbonyl (C=O) groups excluding carboxylic acids is 2. The highest BCUT2D eigenvalue weighted by atomic mass is 79.9. The smallest absolute Gasteiger partial charge is 0.335 e. The van der Waals surface area contributed by atoms with Crippen LogP contribution in [0.4, 0.5) is 10.5 Å². The SMILES string of the molecule is O=C(O)c1ccc(COc2ccc(Br)cc2/C=C2/SC(=O)N(c3ccc(Cl)cc3)C2=O)cc1. The summed E-state index contributed by atoms with van der Waals surface area (Å²) >= 11 is 10.2. The molecule has 1 fully saturated rings. The van der Waals surface area contributed by atoms with E-state index in [9.17, 15) is 14.4 Å². The first kappa shape index (κ1) is 23.1. The third-order valence-electron chi connectivity index (χ3n) is 4.73. The minimum atomic E-state index is -0.995. The Morgan fingerprint density at radius 2 is 1.76 bits per heavy atom. The van der Waals surface area contributed by atoms with Crippen molar-refractivity contribution in [2.45, 2.75) is 6.61 Å². The second-order valence-corrected chi connectivity index (χ2v) is 9.31. The molecule has 33 heavy (non-hydrogen) atoms. The van der Waals surface area contributed by atoms with Crippen LogP contribution in [-0.2, 0) is 11.4 Å². The topological polar surface area (TPSA) is 83.9 Å². The van der Waals surface area contributed by atoms with Gasteiger partial charge >= 0.3 is 5.97 Å². The number of nitrogens with zero attached hydrogens (tertiary/aromatic N) is 1. The number of thioether (sulfide) groups is 1. The second kappa shape index (κ2) is 9.82. The molecule has 9 heteroatoms. The Morgan fingerprint density at radius 3 is 2.42 bits per heavy atom. The number of imide groups is 1. The Balaban J connectivity index is 1.57. The molecule has 0 saturated carbocycles. The number of aromatic carboxylic acids is 1. The summed E-state index contributed by atoms with van der Waals surface area (Å²) in [5, 5.41) is 9.13. The maximum atomic E-state index is 13.0. The zero-order valence-corrected chi connectivity index (χ0v) is 20.0. The summed E-state index contributed by atoms with van der Waals surface area (Å²) in [6, 6.07) is 18.2. The van der Waals surface area contributed by atoms with Crippen molar-refractivity contribution in [3.05, 3.63) is 97.8 Å². The van der Waals surface area contributed by atoms with E-state index in [1.807, 2.05) is 0 Å². The Labute approximate surface area is 206 Å². The molecule has 1 aliphatic rings. The summed E-state index contributed by atoms with van der Waals surface area (Å²) in [6.07, 6.45) is 1.62. The first-order valence-corrected chi connectivity index (χ1v) is 11.6. The Hall–Kier alpha value is -3.07. The summed E-state index contributed by atoms with van der Waals surface area (Å²) in [7, 11) is 0. The average molecular weight is 545 g/mol. The van der Waals surface area contributed by atoms with Crippen LogP contribution in [0.5, 0.6) is 5.75 Å². The molecule has 1 saturated heterocycles. The largest absolute Gasteiger partial charge is 0.488 e. The minimum Gasteiger partial charge on any atom is -0.488 e. The molecule has 4 rings (SSSR count). The lowest BCUT2D eigenvalue weighted by Gasteiger charge is -2.12. The molecule has 0 spiro atoms. The standard InChI is InChI=1S/C24H15BrClNO5S/c25-17-5-10-20(32-13-14-1-3-15(4-2-14)23(29)30)16(11-17)12-21-22(28)27(24(31)33-21)19-8-6-18(26)7-9-19/h1-12H,13H2,(H,29,30)/b21-12+. The van der Waals surface area contributed by atoms with Crippen molar-refractivity contribution >= 4 is 68.2 Å². The van der Waals surface area contributed by atoms with Crippen LogP contribution >= 0.6 is 39.3 Å². The number of anilines is 1. The van der Waals surface area contributed by atoms with Gasteiger partial charge in [-0.2, -0.15) is 0 Å². The van der Waals surface area contributed by atoms with Gasteiger partial charge in [0.1, 0.15) is 12.4 Å². The number of ether oxygens (including phenoxy) is 1. The summed E-state index contributed by atoms with van der Waals surface area (Å²) < 4.78 is 6.71. The van der Waals surface area contributed by atoms with Gasteiger partial charge in [0.25, 0.3) is 11.1 Å². The van der Waals surface area contributed by atoms with Crippen molar-refractivity contribution in [1.29, 1.82) is 0 Å². The summed E-state index contributed by atoms with van der Waals surface area (Å²) in [5.41, 5.74) is 2.05. The molecular weight excluding hydrogens is 530 g/mol. The number of hydrogen-bond acceptors (Lipinski definition) is 5. The number of carboxylic acid groups (broad SMARTS) is 1. The first-order valence-electron chi connectivity index (χ1n) is 9.60. The zero-order chi connectivity index (χ0) is 23.5. The van der Waals surface area contributed by atoms with E-state index in [0.29, 0.717) is 22.0 Å². The molecule has 3 aromatic carbocycles. The van der Waals surface area contributed by atoms with Crippen molar-refractivity contribution in [1.82, 2.24) is 0 Å². The maximum Gasteiger partial charge on any atom is 0.335 e. The highest BCUT2D eigenvalue weighted by Gasteiger charge is 2.36. The molecule has 1 N–H and O–H groups in total. The van der Waals surface area contributed by atoms with Crippen LogP contribution < -0.4 is 9.64 Å². The van der Waals surface area contributed by atoms with E-state index in [2.05, 4.69) is 15.9 Å². The molecule has 0 unspecified atom stereocenters. The lowest BCUT2D eigenvalue weighted by atomic mass is 10.1. The van der Waals surface area contributed by atoms with Crippen molar-refractivity contribution in [3.63, 3.8) is 0 Å². The molecule has 0 bridgehead atoms. The molecule has 1 heterocycles. The van der Waals surface area contributed by atoms with Crippen LogP contribution in [0.15, 0.2) is 76.1 Å². The molecule has 0 radical (unpaired) electrons. The van der Waals surface area contributed by atoms with Gasteiger partial charge in [0.15, 0.2) is 0 Å². The number of carboxylic acids is 1. The van der Waals surface area contributed by atoms with Gasteiger partial charge in [-0.15, -0.1) is 0 Å². The van der Waals surface area contributed by atoms with Crippen molar-refractivity contribution < 1.29 is 24.2 Å². The monoisotopic (exact) mass is 543 g/mol. The average Bonchev–Trinajstić information content (AvgIpc) is 3.07. The van der Waals surface area contributed by atoms with Gasteiger partial charge in [-0.25, -0.2) is 9.69 Å². The van der Waals surface area contributed by atoms with Crippen LogP contribution in [0.3, 0.4) is 0 Å². The van der Waals surface area contributed by atoms with E-state index in [-0.39, 0.29) is 17.1 Å². The molecule has 0 aliphatic carbocycles. The number of carbonyl (C=O) groups is 3. The molecule has 6 nitrogen and oxygen atoms in total. The lowest BCUT2D eigenvalue weighted by Crippen LogP contribution is -2.27. The van der Waals surface area contributed by atoms with E-state index in [1.165, 1.54) is 12.1 Å². The number of hydrogen-bond donors (Lipinski definition) is 1. The Bertz CT molecular complexity index is 1280. The number of rotatable bonds is 6. The third-order valence-corrected chi connectivity index (χ3v) is 6.35. The minimum absolute atomic E-state index is 0.194. The first-order chi connectivity index (χ1) is 15.8. The molecule has 3 aromatic rings. The van der Waals surface area contributed by atoms with Crippen LogP contribution in [0.1, 0.15) is 21.5 Å². The quantitative estimate of drug-likeness (QED) is 0.351. The van der Waals surface area contributed by atoms with Crippen molar-refractivity contribution in [3.8, 4) is 5.75 Å². The van der Waals surface area contributed by atoms with Crippen molar-refractivity contribution in [2.24, 2.45) is 0 Å². The van der Waals surface area contributed by atoms with Gasteiger partial charge < -0.3 is 9.84 Å². The van der Waals surface area contributed by atoms with Gasteiger partial charge in [0.2, 0.25) is 0 Å². The van der Waals surface area contributed by atoms with Crippen LogP contribution in [0.25, 0.3) is 6.08 Å². The summed E-state index contributed by atoms with van der Waals surface area (Å²) in [6.45, 7) is 0.203. The number of halogens is 2. The normalized spacial score (nSPS) is 14.7. The fourth-order valence-electron chi connectivity index (χ4n) is 3.09. The Morgan fingerprint density at radius 1 is 1.06 bits per heavy atom. The predicted octanol–water partition coefficient (Wildman–Crippen LogP) is 6.62. The Kier molecular flexibility index (Phi) is 6.88. The van der Waals surface area contributed by atoms with Gasteiger partial charge in [-0.05, 0) is 78.0 Å². The molecule has 1 aliphatic heterocycles. The van der Waals surface area contributed by atoms with Crippen molar-refractivity contribution in [2.75, 3.05) is 4.90 Å². The maximum absolute atomic E-state index is 13.0. The van der Waals surface area contributed by atoms with Crippen LogP contribution in [-0.4, -0.2) is 22.2 Å². The van der Waals surface area contributed by atoms with E-state index in [4.69, 9.17) is 21.4 Å². The van der Waals surface area contributed by atoms with Gasteiger partial charge in [0, 0.05) is 15.1 Å². The highest BCUT2D eigenvalue weighted by Crippen LogP contribution is 2.37. The fraction of sp³-hybridized carbons (Fsp3) is 0.0417. The van der Waals surface area contributed by atoms with Crippen LogP contribution in [0, 0.1) is 0 Å². The van der Waals surface area contributed by atoms with E-state index >= 15 is 0 Å². The highest BCUT2D eigenvalue weighted by molar-refractivity contribution is 9.10. The van der Waals surface area contributed by atoms with E-state index < -0.39 is 17.1 Å². The van der Waals surface area contributed by atoms with E-state index in [1.54, 1.807) is 60.7 Å². The summed E-state index contributed by atoms with van der Waals surface area (Å²) in [5.74, 6) is -0.911. The fourth-order valence-corrected chi connectivity index (χ4v) is 4.43. The molecule has 0 atom stereocenters. The predicted molar refractivity (Wildman–Crippen MR) is 132 cm³/mol. The second-order valence-electron chi connectivity index (χ2n) is 6.97. The van der Waals surface area contributed by atoms with Gasteiger partial charge in [-0.1, -0.05) is 39.7 Å². The van der Waals surface area contributed by atoms with E-state index in [0.717, 1.165) is 26.7 Å². The zero-order valence-electron chi connectivity index (χ0n) is 16.8. The lowest BCUT2D eigenvalue weighted by molar-refractivity contribution is -0.113. The molecule has 0 aromatic heterocycles. The molecule has 166 valence electrons. The number of benzene rings is 3. The molecular formula is C24H15BrClNO5S.